The van der Waals surface area contributed by atoms with E-state index in [-0.39, 0.29) is 0 Å². The molecule has 1 atom stereocenters. The summed E-state index contributed by atoms with van der Waals surface area (Å²) in [6.07, 6.45) is 0. The Labute approximate surface area is 92.2 Å². The van der Waals surface area contributed by atoms with Crippen LogP contribution in [0.15, 0.2) is 33.6 Å². The topological polar surface area (TPSA) is 26.0 Å². The van der Waals surface area contributed by atoms with E-state index in [2.05, 4.69) is 41.1 Å². The van der Waals surface area contributed by atoms with Crippen LogP contribution in [0, 0.1) is 5.92 Å². The van der Waals surface area contributed by atoms with Crippen molar-refractivity contribution >= 4 is 27.7 Å². The third-order valence-electron chi connectivity index (χ3n) is 1.73. The number of thioether (sulfide) groups is 1. The van der Waals surface area contributed by atoms with E-state index in [1.807, 2.05) is 17.8 Å². The number of rotatable bonds is 4. The van der Waals surface area contributed by atoms with Gasteiger partial charge in [-0.3, -0.25) is 0 Å². The van der Waals surface area contributed by atoms with Crippen molar-refractivity contribution in [1.29, 1.82) is 0 Å². The molecule has 0 bridgehead atoms. The SMILES string of the molecule is CC(CN)CSc1cccc(Br)c1. The number of hydrogen-bond donors (Lipinski definition) is 1. The van der Waals surface area contributed by atoms with Crippen LogP contribution < -0.4 is 5.73 Å². The van der Waals surface area contributed by atoms with Crippen molar-refractivity contribution in [1.82, 2.24) is 0 Å². The van der Waals surface area contributed by atoms with Gasteiger partial charge in [0.25, 0.3) is 0 Å². The Morgan fingerprint density at radius 2 is 2.31 bits per heavy atom. The van der Waals surface area contributed by atoms with Gasteiger partial charge in [0.1, 0.15) is 0 Å². The second-order valence-electron chi connectivity index (χ2n) is 3.11. The van der Waals surface area contributed by atoms with E-state index in [4.69, 9.17) is 5.73 Å². The number of benzene rings is 1. The predicted molar refractivity (Wildman–Crippen MR) is 63.1 cm³/mol. The van der Waals surface area contributed by atoms with E-state index in [9.17, 15) is 0 Å². The Balaban J connectivity index is 2.45. The van der Waals surface area contributed by atoms with Crippen molar-refractivity contribution < 1.29 is 0 Å². The molecule has 1 aromatic carbocycles. The Morgan fingerprint density at radius 1 is 1.54 bits per heavy atom. The summed E-state index contributed by atoms with van der Waals surface area (Å²) < 4.78 is 1.14. The molecule has 0 heterocycles. The largest absolute Gasteiger partial charge is 0.330 e. The molecule has 1 unspecified atom stereocenters. The third-order valence-corrected chi connectivity index (χ3v) is 3.55. The smallest absolute Gasteiger partial charge is 0.0186 e. The zero-order chi connectivity index (χ0) is 9.68. The number of hydrogen-bond acceptors (Lipinski definition) is 2. The molecule has 3 heteroatoms. The summed E-state index contributed by atoms with van der Waals surface area (Å²) >= 11 is 5.31. The zero-order valence-corrected chi connectivity index (χ0v) is 10.1. The van der Waals surface area contributed by atoms with Crippen LogP contribution in [0.5, 0.6) is 0 Å². The van der Waals surface area contributed by atoms with Crippen LogP contribution in [0.2, 0.25) is 0 Å². The minimum absolute atomic E-state index is 0.587. The highest BCUT2D eigenvalue weighted by molar-refractivity contribution is 9.10. The van der Waals surface area contributed by atoms with Crippen LogP contribution in [0.1, 0.15) is 6.92 Å². The lowest BCUT2D eigenvalue weighted by Gasteiger charge is -2.07. The van der Waals surface area contributed by atoms with Crippen LogP contribution in [0.25, 0.3) is 0 Å². The van der Waals surface area contributed by atoms with E-state index in [0.717, 1.165) is 16.8 Å². The number of halogens is 1. The molecule has 0 amide bonds. The van der Waals surface area contributed by atoms with Crippen molar-refractivity contribution in [3.8, 4) is 0 Å². The first-order valence-electron chi connectivity index (χ1n) is 4.31. The minimum atomic E-state index is 0.587. The molecule has 1 aromatic rings. The second kappa shape index (κ2) is 5.68. The van der Waals surface area contributed by atoms with Gasteiger partial charge in [0, 0.05) is 15.1 Å². The fourth-order valence-corrected chi connectivity index (χ4v) is 2.41. The van der Waals surface area contributed by atoms with Gasteiger partial charge in [-0.25, -0.2) is 0 Å². The monoisotopic (exact) mass is 259 g/mol. The average molecular weight is 260 g/mol. The Morgan fingerprint density at radius 3 is 2.92 bits per heavy atom. The fraction of sp³-hybridized carbons (Fsp3) is 0.400. The van der Waals surface area contributed by atoms with E-state index in [1.54, 1.807) is 0 Å². The molecule has 0 radical (unpaired) electrons. The quantitative estimate of drug-likeness (QED) is 0.842. The van der Waals surface area contributed by atoms with Crippen molar-refractivity contribution in [3.63, 3.8) is 0 Å². The van der Waals surface area contributed by atoms with Gasteiger partial charge in [0.2, 0.25) is 0 Å². The molecule has 2 N–H and O–H groups in total. The molecule has 0 aromatic heterocycles. The van der Waals surface area contributed by atoms with Crippen LogP contribution in [-0.2, 0) is 0 Å². The van der Waals surface area contributed by atoms with Gasteiger partial charge in [-0.15, -0.1) is 11.8 Å². The highest BCUT2D eigenvalue weighted by Gasteiger charge is 2.00. The zero-order valence-electron chi connectivity index (χ0n) is 7.66. The summed E-state index contributed by atoms with van der Waals surface area (Å²) in [4.78, 5) is 1.30. The van der Waals surface area contributed by atoms with Crippen molar-refractivity contribution in [2.45, 2.75) is 11.8 Å². The van der Waals surface area contributed by atoms with Crippen LogP contribution in [-0.4, -0.2) is 12.3 Å². The summed E-state index contributed by atoms with van der Waals surface area (Å²) in [5.74, 6) is 1.68. The highest BCUT2D eigenvalue weighted by Crippen LogP contribution is 2.23. The molecule has 0 aliphatic rings. The highest BCUT2D eigenvalue weighted by atomic mass is 79.9. The summed E-state index contributed by atoms with van der Waals surface area (Å²) in [7, 11) is 0. The van der Waals surface area contributed by atoms with Gasteiger partial charge >= 0.3 is 0 Å². The molecule has 1 rings (SSSR count). The Kier molecular flexibility index (Phi) is 4.84. The van der Waals surface area contributed by atoms with Gasteiger partial charge in [-0.05, 0) is 30.7 Å². The normalized spacial score (nSPS) is 12.8. The second-order valence-corrected chi connectivity index (χ2v) is 5.12. The summed E-state index contributed by atoms with van der Waals surface area (Å²) in [6, 6.07) is 8.35. The van der Waals surface area contributed by atoms with E-state index < -0.39 is 0 Å². The van der Waals surface area contributed by atoms with Crippen LogP contribution in [0.4, 0.5) is 0 Å². The molecule has 72 valence electrons. The molecule has 0 saturated carbocycles. The van der Waals surface area contributed by atoms with Gasteiger partial charge in [-0.1, -0.05) is 28.9 Å². The maximum Gasteiger partial charge on any atom is 0.0186 e. The predicted octanol–water partition coefficient (Wildman–Crippen LogP) is 3.14. The molecule has 0 spiro atoms. The van der Waals surface area contributed by atoms with E-state index >= 15 is 0 Å². The lowest BCUT2D eigenvalue weighted by molar-refractivity contribution is 0.675. The Hall–Kier alpha value is 0.01000. The first kappa shape index (κ1) is 11.1. The summed E-state index contributed by atoms with van der Waals surface area (Å²) in [6.45, 7) is 2.94. The molecule has 13 heavy (non-hydrogen) atoms. The van der Waals surface area contributed by atoms with Crippen molar-refractivity contribution in [2.24, 2.45) is 11.7 Å². The maximum absolute atomic E-state index is 5.54. The standard InChI is InChI=1S/C10H14BrNS/c1-8(6-12)7-13-10-4-2-3-9(11)5-10/h2-5,8H,6-7,12H2,1H3. The fourth-order valence-electron chi connectivity index (χ4n) is 0.863. The van der Waals surface area contributed by atoms with Gasteiger partial charge < -0.3 is 5.73 Å². The first-order valence-corrected chi connectivity index (χ1v) is 6.08. The molecule has 1 nitrogen and oxygen atoms in total. The van der Waals surface area contributed by atoms with Crippen molar-refractivity contribution in [2.75, 3.05) is 12.3 Å². The lowest BCUT2D eigenvalue weighted by Crippen LogP contribution is -2.12. The lowest BCUT2D eigenvalue weighted by atomic mass is 10.2. The molecular weight excluding hydrogens is 246 g/mol. The molecule has 0 aliphatic carbocycles. The summed E-state index contributed by atoms with van der Waals surface area (Å²) in [5.41, 5.74) is 5.54. The number of nitrogens with two attached hydrogens (primary N) is 1. The van der Waals surface area contributed by atoms with Gasteiger partial charge in [0.05, 0.1) is 0 Å². The van der Waals surface area contributed by atoms with Crippen LogP contribution in [0.3, 0.4) is 0 Å². The van der Waals surface area contributed by atoms with E-state index in [1.165, 1.54) is 4.90 Å². The van der Waals surface area contributed by atoms with Crippen molar-refractivity contribution in [3.05, 3.63) is 28.7 Å². The molecule has 0 aliphatic heterocycles. The summed E-state index contributed by atoms with van der Waals surface area (Å²) in [5, 5.41) is 0. The maximum atomic E-state index is 5.54. The van der Waals surface area contributed by atoms with Gasteiger partial charge in [0.15, 0.2) is 0 Å². The third kappa shape index (κ3) is 4.16. The minimum Gasteiger partial charge on any atom is -0.330 e. The van der Waals surface area contributed by atoms with E-state index in [0.29, 0.717) is 5.92 Å². The van der Waals surface area contributed by atoms with Gasteiger partial charge in [-0.2, -0.15) is 0 Å². The van der Waals surface area contributed by atoms with Crippen LogP contribution >= 0.6 is 27.7 Å². The molecular formula is C10H14BrNS. The molecule has 0 saturated heterocycles. The molecule has 0 fully saturated rings. The average Bonchev–Trinajstić information content (AvgIpc) is 2.14. The Bertz CT molecular complexity index is 265. The first-order chi connectivity index (χ1) is 6.22.